The lowest BCUT2D eigenvalue weighted by Gasteiger charge is -2.32. The number of methoxy groups -OCH3 is 1. The molecule has 0 spiro atoms. The number of carbonyl (C=O) groups is 1. The van der Waals surface area contributed by atoms with Crippen LogP contribution in [-0.2, 0) is 0 Å². The number of benzene rings is 3. The third-order valence-corrected chi connectivity index (χ3v) is 6.18. The van der Waals surface area contributed by atoms with Crippen molar-refractivity contribution in [1.29, 1.82) is 0 Å². The predicted octanol–water partition coefficient (Wildman–Crippen LogP) is 6.10. The van der Waals surface area contributed by atoms with E-state index in [0.29, 0.717) is 41.1 Å². The summed E-state index contributed by atoms with van der Waals surface area (Å²) >= 11 is 0. The average molecular weight is 485 g/mol. The molecule has 0 aliphatic rings. The number of anilines is 1. The van der Waals surface area contributed by atoms with Crippen molar-refractivity contribution in [1.82, 2.24) is 14.5 Å². The van der Waals surface area contributed by atoms with E-state index in [9.17, 15) is 9.59 Å². The number of amides is 2. The molecular weight excluding hydrogens is 452 g/mol. The molecule has 0 aliphatic carbocycles. The van der Waals surface area contributed by atoms with E-state index >= 15 is 0 Å². The summed E-state index contributed by atoms with van der Waals surface area (Å²) in [5.41, 5.74) is 2.77. The maximum absolute atomic E-state index is 13.9. The zero-order valence-electron chi connectivity index (χ0n) is 21.2. The van der Waals surface area contributed by atoms with Crippen LogP contribution in [0.3, 0.4) is 0 Å². The minimum Gasteiger partial charge on any atom is -0.495 e. The number of nitrogens with zero attached hydrogens (tertiary/aromatic N) is 3. The van der Waals surface area contributed by atoms with E-state index in [-0.39, 0.29) is 11.6 Å². The Morgan fingerprint density at radius 2 is 1.81 bits per heavy atom. The molecule has 1 atom stereocenters. The van der Waals surface area contributed by atoms with Gasteiger partial charge in [-0.05, 0) is 61.7 Å². The highest BCUT2D eigenvalue weighted by molar-refractivity contribution is 5.89. The van der Waals surface area contributed by atoms with Crippen molar-refractivity contribution >= 4 is 22.6 Å². The van der Waals surface area contributed by atoms with E-state index in [1.807, 2.05) is 87.5 Å². The summed E-state index contributed by atoms with van der Waals surface area (Å²) < 4.78 is 7.20. The molecule has 7 nitrogen and oxygen atoms in total. The fourth-order valence-electron chi connectivity index (χ4n) is 4.52. The predicted molar refractivity (Wildman–Crippen MR) is 144 cm³/mol. The van der Waals surface area contributed by atoms with Gasteiger partial charge in [0, 0.05) is 12.2 Å². The highest BCUT2D eigenvalue weighted by Crippen LogP contribution is 2.30. The van der Waals surface area contributed by atoms with Crippen LogP contribution in [0, 0.1) is 6.92 Å². The van der Waals surface area contributed by atoms with E-state index in [2.05, 4.69) is 5.32 Å². The van der Waals surface area contributed by atoms with Gasteiger partial charge in [0.05, 0.1) is 29.7 Å². The van der Waals surface area contributed by atoms with Crippen LogP contribution in [0.2, 0.25) is 0 Å². The summed E-state index contributed by atoms with van der Waals surface area (Å²) in [6.07, 6.45) is 1.32. The van der Waals surface area contributed by atoms with Gasteiger partial charge in [-0.1, -0.05) is 50.2 Å². The number of nitrogens with one attached hydrogen (secondary N) is 1. The molecule has 0 aliphatic heterocycles. The molecule has 0 bridgehead atoms. The lowest BCUT2D eigenvalue weighted by Crippen LogP contribution is -2.41. The third kappa shape index (κ3) is 4.96. The van der Waals surface area contributed by atoms with Crippen LogP contribution in [0.25, 0.3) is 16.6 Å². The standard InChI is InChI=1S/C29H32N4O3/c1-5-18-32(29(35)30-21-13-11-12-20(3)19-21)24(6-2)27-31-23-15-8-7-14-22(23)28(34)33(27)25-16-9-10-17-26(25)36-4/h7-17,19,24H,5-6,18H2,1-4H3,(H,30,35). The van der Waals surface area contributed by atoms with Crippen molar-refractivity contribution in [3.63, 3.8) is 0 Å². The van der Waals surface area contributed by atoms with Crippen LogP contribution in [0.1, 0.15) is 44.1 Å². The molecule has 4 rings (SSSR count). The Kier molecular flexibility index (Phi) is 7.68. The zero-order valence-corrected chi connectivity index (χ0v) is 21.2. The lowest BCUT2D eigenvalue weighted by molar-refractivity contribution is 0.181. The molecule has 186 valence electrons. The van der Waals surface area contributed by atoms with Gasteiger partial charge in [0.1, 0.15) is 11.6 Å². The summed E-state index contributed by atoms with van der Waals surface area (Å²) in [5.74, 6) is 1.05. The van der Waals surface area contributed by atoms with Gasteiger partial charge in [-0.2, -0.15) is 0 Å². The second kappa shape index (κ2) is 11.1. The van der Waals surface area contributed by atoms with Crippen LogP contribution in [-0.4, -0.2) is 34.1 Å². The first-order chi connectivity index (χ1) is 17.5. The summed E-state index contributed by atoms with van der Waals surface area (Å²) in [7, 11) is 1.58. The van der Waals surface area contributed by atoms with Gasteiger partial charge in [0.2, 0.25) is 0 Å². The minimum atomic E-state index is -0.447. The summed E-state index contributed by atoms with van der Waals surface area (Å²) in [6.45, 7) is 6.52. The molecule has 1 unspecified atom stereocenters. The number of aromatic nitrogens is 2. The maximum atomic E-state index is 13.9. The van der Waals surface area contributed by atoms with Gasteiger partial charge in [0.25, 0.3) is 5.56 Å². The first kappa shape index (κ1) is 25.0. The Balaban J connectivity index is 1.90. The number of rotatable bonds is 8. The van der Waals surface area contributed by atoms with Crippen LogP contribution < -0.4 is 15.6 Å². The largest absolute Gasteiger partial charge is 0.495 e. The molecule has 4 aromatic rings. The Hall–Kier alpha value is -4.13. The van der Waals surface area contributed by atoms with Crippen molar-refractivity contribution in [2.24, 2.45) is 0 Å². The molecule has 3 aromatic carbocycles. The van der Waals surface area contributed by atoms with Crippen molar-refractivity contribution in [3.05, 3.63) is 94.5 Å². The molecule has 0 radical (unpaired) electrons. The Morgan fingerprint density at radius 3 is 2.53 bits per heavy atom. The minimum absolute atomic E-state index is 0.200. The third-order valence-electron chi connectivity index (χ3n) is 6.18. The molecule has 7 heteroatoms. The second-order valence-corrected chi connectivity index (χ2v) is 8.72. The summed E-state index contributed by atoms with van der Waals surface area (Å²) in [6, 6.07) is 21.7. The Bertz CT molecular complexity index is 1430. The smallest absolute Gasteiger partial charge is 0.322 e. The van der Waals surface area contributed by atoms with Crippen molar-refractivity contribution in [3.8, 4) is 11.4 Å². The number of carbonyl (C=O) groups excluding carboxylic acids is 1. The molecule has 0 fully saturated rings. The zero-order chi connectivity index (χ0) is 25.7. The number of para-hydroxylation sites is 3. The molecule has 0 saturated heterocycles. The van der Waals surface area contributed by atoms with Gasteiger partial charge < -0.3 is 15.0 Å². The molecule has 36 heavy (non-hydrogen) atoms. The number of hydrogen-bond donors (Lipinski definition) is 1. The number of aryl methyl sites for hydroxylation is 1. The van der Waals surface area contributed by atoms with Crippen LogP contribution >= 0.6 is 0 Å². The fraction of sp³-hybridized carbons (Fsp3) is 0.276. The maximum Gasteiger partial charge on any atom is 0.322 e. The molecule has 1 aromatic heterocycles. The van der Waals surface area contributed by atoms with E-state index < -0.39 is 6.04 Å². The Labute approximate surface area is 211 Å². The molecule has 1 heterocycles. The van der Waals surface area contributed by atoms with E-state index in [1.54, 1.807) is 22.6 Å². The van der Waals surface area contributed by atoms with Crippen molar-refractivity contribution in [2.75, 3.05) is 19.0 Å². The average Bonchev–Trinajstić information content (AvgIpc) is 2.89. The lowest BCUT2D eigenvalue weighted by atomic mass is 10.1. The Morgan fingerprint density at radius 1 is 1.06 bits per heavy atom. The van der Waals surface area contributed by atoms with Gasteiger partial charge in [-0.3, -0.25) is 9.36 Å². The van der Waals surface area contributed by atoms with Gasteiger partial charge in [0.15, 0.2) is 0 Å². The van der Waals surface area contributed by atoms with Gasteiger partial charge >= 0.3 is 6.03 Å². The van der Waals surface area contributed by atoms with Crippen molar-refractivity contribution in [2.45, 2.75) is 39.7 Å². The SMILES string of the molecule is CCCN(C(=O)Nc1cccc(C)c1)C(CC)c1nc2ccccc2c(=O)n1-c1ccccc1OC. The van der Waals surface area contributed by atoms with E-state index in [1.165, 1.54) is 0 Å². The highest BCUT2D eigenvalue weighted by Gasteiger charge is 2.29. The number of hydrogen-bond acceptors (Lipinski definition) is 4. The molecule has 1 N–H and O–H groups in total. The number of urea groups is 1. The van der Waals surface area contributed by atoms with Crippen molar-refractivity contribution < 1.29 is 9.53 Å². The molecule has 2 amide bonds. The van der Waals surface area contributed by atoms with Crippen LogP contribution in [0.4, 0.5) is 10.5 Å². The second-order valence-electron chi connectivity index (χ2n) is 8.72. The van der Waals surface area contributed by atoms with Crippen LogP contribution in [0.15, 0.2) is 77.6 Å². The van der Waals surface area contributed by atoms with E-state index in [4.69, 9.17) is 9.72 Å². The first-order valence-corrected chi connectivity index (χ1v) is 12.3. The molecule has 0 saturated carbocycles. The monoisotopic (exact) mass is 484 g/mol. The summed E-state index contributed by atoms with van der Waals surface area (Å²) in [4.78, 5) is 34.2. The normalized spacial score (nSPS) is 11.8. The number of fused-ring (bicyclic) bond motifs is 1. The quantitative estimate of drug-likeness (QED) is 0.328. The topological polar surface area (TPSA) is 76.5 Å². The first-order valence-electron chi connectivity index (χ1n) is 12.3. The van der Waals surface area contributed by atoms with Crippen LogP contribution in [0.5, 0.6) is 5.75 Å². The van der Waals surface area contributed by atoms with Gasteiger partial charge in [-0.15, -0.1) is 0 Å². The molecular formula is C29H32N4O3. The highest BCUT2D eigenvalue weighted by atomic mass is 16.5. The fourth-order valence-corrected chi connectivity index (χ4v) is 4.52. The van der Waals surface area contributed by atoms with E-state index in [0.717, 1.165) is 17.7 Å². The van der Waals surface area contributed by atoms with Gasteiger partial charge in [-0.25, -0.2) is 9.78 Å². The number of ether oxygens (including phenoxy) is 1. The summed E-state index contributed by atoms with van der Waals surface area (Å²) in [5, 5.41) is 3.54.